The number of carbonyl (C=O) groups is 1. The van der Waals surface area contributed by atoms with Crippen molar-refractivity contribution in [2.75, 3.05) is 5.32 Å². The first kappa shape index (κ1) is 14.3. The Balaban J connectivity index is 2.14. The number of benzene rings is 1. The number of aromatic nitrogens is 2. The predicted molar refractivity (Wildman–Crippen MR) is 79.7 cm³/mol. The van der Waals surface area contributed by atoms with E-state index in [0.29, 0.717) is 6.42 Å². The van der Waals surface area contributed by atoms with Crippen molar-refractivity contribution in [3.63, 3.8) is 0 Å². The number of rotatable bonds is 5. The van der Waals surface area contributed by atoms with Gasteiger partial charge in [-0.1, -0.05) is 19.4 Å². The van der Waals surface area contributed by atoms with Crippen LogP contribution in [0.1, 0.15) is 26.7 Å². The molecular weight excluding hydrogens is 252 g/mol. The molecule has 5 nitrogen and oxygen atoms in total. The molecule has 0 saturated heterocycles. The van der Waals surface area contributed by atoms with Crippen LogP contribution in [0, 0.1) is 0 Å². The first-order valence-electron chi connectivity index (χ1n) is 6.73. The Bertz CT molecular complexity index is 575. The van der Waals surface area contributed by atoms with Crippen molar-refractivity contribution in [3.8, 4) is 5.69 Å². The molecule has 106 valence electrons. The van der Waals surface area contributed by atoms with Crippen LogP contribution in [0.2, 0.25) is 0 Å². The summed E-state index contributed by atoms with van der Waals surface area (Å²) in [5.41, 5.74) is 6.78. The summed E-state index contributed by atoms with van der Waals surface area (Å²) >= 11 is 0. The Hall–Kier alpha value is -2.14. The first-order chi connectivity index (χ1) is 9.53. The van der Waals surface area contributed by atoms with Gasteiger partial charge in [0.15, 0.2) is 0 Å². The predicted octanol–water partition coefficient (Wildman–Crippen LogP) is 2.33. The lowest BCUT2D eigenvalue weighted by Crippen LogP contribution is -2.48. The third-order valence-corrected chi connectivity index (χ3v) is 3.16. The maximum atomic E-state index is 12.2. The monoisotopic (exact) mass is 272 g/mol. The van der Waals surface area contributed by atoms with Crippen LogP contribution < -0.4 is 11.1 Å². The fraction of sp³-hybridized carbons (Fsp3) is 0.333. The molecule has 3 N–H and O–H groups in total. The van der Waals surface area contributed by atoms with Crippen molar-refractivity contribution >= 4 is 11.6 Å². The average Bonchev–Trinajstić information content (AvgIpc) is 2.93. The Morgan fingerprint density at radius 2 is 2.25 bits per heavy atom. The maximum absolute atomic E-state index is 12.2. The largest absolute Gasteiger partial charge is 0.324 e. The number of nitrogens with one attached hydrogen (secondary N) is 1. The van der Waals surface area contributed by atoms with Gasteiger partial charge < -0.3 is 11.1 Å². The highest BCUT2D eigenvalue weighted by atomic mass is 16.2. The van der Waals surface area contributed by atoms with Crippen LogP contribution in [0.15, 0.2) is 42.7 Å². The molecule has 1 heterocycles. The molecule has 20 heavy (non-hydrogen) atoms. The zero-order valence-electron chi connectivity index (χ0n) is 11.8. The SMILES string of the molecule is CCCC(C)(N)C(=O)Nc1cccc(-n2cccn2)c1. The summed E-state index contributed by atoms with van der Waals surface area (Å²) in [6, 6.07) is 9.36. The van der Waals surface area contributed by atoms with Crippen molar-refractivity contribution in [1.82, 2.24) is 9.78 Å². The van der Waals surface area contributed by atoms with E-state index in [1.165, 1.54) is 0 Å². The highest BCUT2D eigenvalue weighted by Gasteiger charge is 2.27. The number of anilines is 1. The lowest BCUT2D eigenvalue weighted by atomic mass is 9.96. The van der Waals surface area contributed by atoms with Crippen molar-refractivity contribution in [2.45, 2.75) is 32.2 Å². The van der Waals surface area contributed by atoms with Gasteiger partial charge in [-0.15, -0.1) is 0 Å². The molecule has 2 rings (SSSR count). The summed E-state index contributed by atoms with van der Waals surface area (Å²) in [5, 5.41) is 7.03. The van der Waals surface area contributed by atoms with Crippen LogP contribution in [-0.2, 0) is 4.79 Å². The second kappa shape index (κ2) is 5.88. The topological polar surface area (TPSA) is 72.9 Å². The Labute approximate surface area is 118 Å². The molecule has 1 amide bonds. The van der Waals surface area contributed by atoms with Gasteiger partial charge >= 0.3 is 0 Å². The van der Waals surface area contributed by atoms with Crippen LogP contribution in [-0.4, -0.2) is 21.2 Å². The molecule has 1 atom stereocenters. The van der Waals surface area contributed by atoms with Gasteiger partial charge in [-0.2, -0.15) is 5.10 Å². The van der Waals surface area contributed by atoms with Crippen LogP contribution in [0.4, 0.5) is 5.69 Å². The third kappa shape index (κ3) is 3.24. The molecule has 0 aliphatic rings. The molecule has 1 aromatic heterocycles. The zero-order chi connectivity index (χ0) is 14.6. The van der Waals surface area contributed by atoms with E-state index in [0.717, 1.165) is 17.8 Å². The van der Waals surface area contributed by atoms with Gasteiger partial charge in [0.05, 0.1) is 11.2 Å². The van der Waals surface area contributed by atoms with Crippen molar-refractivity contribution in [3.05, 3.63) is 42.7 Å². The molecular formula is C15H20N4O. The molecule has 1 unspecified atom stereocenters. The molecule has 0 radical (unpaired) electrons. The highest BCUT2D eigenvalue weighted by molar-refractivity contribution is 5.97. The molecule has 0 spiro atoms. The highest BCUT2D eigenvalue weighted by Crippen LogP contribution is 2.17. The Morgan fingerprint density at radius 3 is 2.90 bits per heavy atom. The minimum absolute atomic E-state index is 0.169. The third-order valence-electron chi connectivity index (χ3n) is 3.16. The smallest absolute Gasteiger partial charge is 0.244 e. The fourth-order valence-corrected chi connectivity index (χ4v) is 2.05. The van der Waals surface area contributed by atoms with Gasteiger partial charge in [0, 0.05) is 18.1 Å². The van der Waals surface area contributed by atoms with E-state index in [-0.39, 0.29) is 5.91 Å². The zero-order valence-corrected chi connectivity index (χ0v) is 11.8. The molecule has 5 heteroatoms. The quantitative estimate of drug-likeness (QED) is 0.877. The van der Waals surface area contributed by atoms with Crippen LogP contribution in [0.5, 0.6) is 0 Å². The number of nitrogens with zero attached hydrogens (tertiary/aromatic N) is 2. The summed E-state index contributed by atoms with van der Waals surface area (Å²) in [4.78, 5) is 12.2. The minimum Gasteiger partial charge on any atom is -0.324 e. The second-order valence-corrected chi connectivity index (χ2v) is 5.12. The van der Waals surface area contributed by atoms with E-state index in [4.69, 9.17) is 5.73 Å². The fourth-order valence-electron chi connectivity index (χ4n) is 2.05. The van der Waals surface area contributed by atoms with Gasteiger partial charge in [-0.05, 0) is 37.6 Å². The molecule has 0 saturated carbocycles. The number of hydrogen-bond acceptors (Lipinski definition) is 3. The molecule has 1 aromatic carbocycles. The Morgan fingerprint density at radius 1 is 1.45 bits per heavy atom. The van der Waals surface area contributed by atoms with Crippen molar-refractivity contribution in [2.24, 2.45) is 5.73 Å². The minimum atomic E-state index is -0.851. The average molecular weight is 272 g/mol. The Kier molecular flexibility index (Phi) is 4.20. The van der Waals surface area contributed by atoms with Gasteiger partial charge in [0.25, 0.3) is 0 Å². The number of nitrogens with two attached hydrogens (primary N) is 1. The van der Waals surface area contributed by atoms with Gasteiger partial charge in [-0.25, -0.2) is 4.68 Å². The number of carbonyl (C=O) groups excluding carboxylic acids is 1. The molecule has 0 fully saturated rings. The van der Waals surface area contributed by atoms with E-state index in [1.807, 2.05) is 43.5 Å². The van der Waals surface area contributed by atoms with Crippen molar-refractivity contribution in [1.29, 1.82) is 0 Å². The number of amides is 1. The van der Waals surface area contributed by atoms with E-state index >= 15 is 0 Å². The summed E-state index contributed by atoms with van der Waals surface area (Å²) in [6.45, 7) is 3.76. The summed E-state index contributed by atoms with van der Waals surface area (Å²) < 4.78 is 1.74. The second-order valence-electron chi connectivity index (χ2n) is 5.12. The van der Waals surface area contributed by atoms with Gasteiger partial charge in [0.1, 0.15) is 0 Å². The van der Waals surface area contributed by atoms with E-state index < -0.39 is 5.54 Å². The molecule has 2 aromatic rings. The summed E-state index contributed by atoms with van der Waals surface area (Å²) in [6.07, 6.45) is 5.08. The lowest BCUT2D eigenvalue weighted by Gasteiger charge is -2.23. The normalized spacial score (nSPS) is 13.8. The molecule has 0 bridgehead atoms. The van der Waals surface area contributed by atoms with E-state index in [1.54, 1.807) is 17.8 Å². The van der Waals surface area contributed by atoms with Crippen LogP contribution in [0.3, 0.4) is 0 Å². The van der Waals surface area contributed by atoms with Crippen molar-refractivity contribution < 1.29 is 4.79 Å². The summed E-state index contributed by atoms with van der Waals surface area (Å²) in [5.74, 6) is -0.169. The van der Waals surface area contributed by atoms with Gasteiger partial charge in [-0.3, -0.25) is 4.79 Å². The van der Waals surface area contributed by atoms with E-state index in [9.17, 15) is 4.79 Å². The van der Waals surface area contributed by atoms with E-state index in [2.05, 4.69) is 10.4 Å². The lowest BCUT2D eigenvalue weighted by molar-refractivity contribution is -0.120. The molecule has 0 aliphatic heterocycles. The van der Waals surface area contributed by atoms with Gasteiger partial charge in [0.2, 0.25) is 5.91 Å². The standard InChI is InChI=1S/C15H20N4O/c1-3-8-15(2,16)14(20)18-12-6-4-7-13(11-12)19-10-5-9-17-19/h4-7,9-11H,3,8,16H2,1-2H3,(H,18,20). The van der Waals surface area contributed by atoms with Crippen LogP contribution >= 0.6 is 0 Å². The first-order valence-corrected chi connectivity index (χ1v) is 6.73. The summed E-state index contributed by atoms with van der Waals surface area (Å²) in [7, 11) is 0. The number of hydrogen-bond donors (Lipinski definition) is 2. The van der Waals surface area contributed by atoms with Crippen LogP contribution in [0.25, 0.3) is 5.69 Å². The molecule has 0 aliphatic carbocycles. The maximum Gasteiger partial charge on any atom is 0.244 e.